The summed E-state index contributed by atoms with van der Waals surface area (Å²) in [5.41, 5.74) is 0. The summed E-state index contributed by atoms with van der Waals surface area (Å²) in [5, 5.41) is 54.4. The van der Waals surface area contributed by atoms with Crippen LogP contribution in [0.4, 0.5) is 0 Å². The second-order valence-corrected chi connectivity index (χ2v) is 19.7. The van der Waals surface area contributed by atoms with Gasteiger partial charge in [-0.05, 0) is 83.5 Å². The molecule has 0 saturated carbocycles. The number of nitrogens with one attached hydrogen (secondary N) is 1. The van der Waals surface area contributed by atoms with Gasteiger partial charge in [0.05, 0.1) is 25.4 Å². The maximum Gasteiger partial charge on any atom is 0.220 e. The number of rotatable bonds is 48. The molecule has 1 aliphatic rings. The fraction of sp³-hybridized carbons (Fsp3) is 0.698. The SMILES string of the molecule is CC/C=C\C/C=C\C/C=C\C/C=C\C/C=C\C/C=C\C/C=C\C/C=C\C/C=C\CCCCCCCCCCCCCC(=O)NC(COC1OC(CO)C(O)C(O)C1O)C(O)CCCCCCCCCCCC. The molecule has 1 aliphatic heterocycles. The fourth-order valence-electron chi connectivity index (χ4n) is 8.56. The number of carbonyl (C=O) groups is 1. The van der Waals surface area contributed by atoms with Crippen LogP contribution in [-0.4, -0.2) is 87.5 Å². The minimum Gasteiger partial charge on any atom is -0.394 e. The predicted molar refractivity (Wildman–Crippen MR) is 304 cm³/mol. The molecule has 7 atom stereocenters. The molecule has 7 unspecified atom stereocenters. The summed E-state index contributed by atoms with van der Waals surface area (Å²) in [6, 6.07) is -0.725. The molecule has 9 nitrogen and oxygen atoms in total. The van der Waals surface area contributed by atoms with E-state index < -0.39 is 49.5 Å². The third-order valence-corrected chi connectivity index (χ3v) is 13.1. The minimum absolute atomic E-state index is 0.144. The van der Waals surface area contributed by atoms with Crippen molar-refractivity contribution in [3.05, 3.63) is 109 Å². The molecule has 1 amide bonds. The number of ether oxygens (including phenoxy) is 2. The molecule has 0 radical (unpaired) electrons. The Morgan fingerprint density at radius 2 is 0.861 bits per heavy atom. The molecule has 1 saturated heterocycles. The summed E-state index contributed by atoms with van der Waals surface area (Å²) in [7, 11) is 0. The molecule has 0 aliphatic carbocycles. The Bertz CT molecular complexity index is 1490. The molecule has 0 bridgehead atoms. The van der Waals surface area contributed by atoms with Gasteiger partial charge in [-0.3, -0.25) is 4.79 Å². The van der Waals surface area contributed by atoms with E-state index in [1.54, 1.807) is 0 Å². The van der Waals surface area contributed by atoms with Crippen molar-refractivity contribution in [3.8, 4) is 0 Å². The molecule has 6 N–H and O–H groups in total. The van der Waals surface area contributed by atoms with Crippen molar-refractivity contribution in [1.29, 1.82) is 0 Å². The molecule has 1 rings (SSSR count). The highest BCUT2D eigenvalue weighted by Crippen LogP contribution is 2.23. The lowest BCUT2D eigenvalue weighted by Crippen LogP contribution is -2.60. The molecule has 0 aromatic heterocycles. The lowest BCUT2D eigenvalue weighted by molar-refractivity contribution is -0.302. The Balaban J connectivity index is 2.10. The largest absolute Gasteiger partial charge is 0.394 e. The van der Waals surface area contributed by atoms with Crippen molar-refractivity contribution in [1.82, 2.24) is 5.32 Å². The number of carbonyl (C=O) groups excluding carboxylic acids is 1. The lowest BCUT2D eigenvalue weighted by atomic mass is 9.99. The second kappa shape index (κ2) is 51.3. The quantitative estimate of drug-likeness (QED) is 0.0261. The number of hydrogen-bond donors (Lipinski definition) is 6. The van der Waals surface area contributed by atoms with Crippen LogP contribution in [0.3, 0.4) is 0 Å². The van der Waals surface area contributed by atoms with Gasteiger partial charge in [0.15, 0.2) is 6.29 Å². The van der Waals surface area contributed by atoms with Crippen LogP contribution in [0.15, 0.2) is 109 Å². The van der Waals surface area contributed by atoms with Crippen molar-refractivity contribution in [2.75, 3.05) is 13.2 Å². The summed E-state index contributed by atoms with van der Waals surface area (Å²) in [6.45, 7) is 3.69. The smallest absolute Gasteiger partial charge is 0.220 e. The highest BCUT2D eigenvalue weighted by atomic mass is 16.7. The summed E-state index contributed by atoms with van der Waals surface area (Å²) < 4.78 is 11.3. The third kappa shape index (κ3) is 40.3. The molecule has 0 aromatic rings. The minimum atomic E-state index is -1.56. The summed E-state index contributed by atoms with van der Waals surface area (Å²) in [4.78, 5) is 13.0. The van der Waals surface area contributed by atoms with Gasteiger partial charge in [-0.15, -0.1) is 0 Å². The van der Waals surface area contributed by atoms with Gasteiger partial charge in [-0.2, -0.15) is 0 Å². The summed E-state index contributed by atoms with van der Waals surface area (Å²) in [5.74, 6) is -0.154. The van der Waals surface area contributed by atoms with E-state index in [0.717, 1.165) is 103 Å². The van der Waals surface area contributed by atoms with Gasteiger partial charge in [-0.25, -0.2) is 0 Å². The number of unbranched alkanes of at least 4 members (excludes halogenated alkanes) is 20. The Labute approximate surface area is 440 Å². The highest BCUT2D eigenvalue weighted by Gasteiger charge is 2.44. The second-order valence-electron chi connectivity index (χ2n) is 19.7. The van der Waals surface area contributed by atoms with Crippen LogP contribution in [0.1, 0.15) is 226 Å². The van der Waals surface area contributed by atoms with E-state index in [-0.39, 0.29) is 12.5 Å². The monoisotopic (exact) mass is 1010 g/mol. The Morgan fingerprint density at radius 3 is 1.28 bits per heavy atom. The zero-order valence-corrected chi connectivity index (χ0v) is 45.6. The van der Waals surface area contributed by atoms with E-state index in [2.05, 4.69) is 129 Å². The van der Waals surface area contributed by atoms with E-state index in [1.807, 2.05) is 0 Å². The van der Waals surface area contributed by atoms with Gasteiger partial charge in [0.1, 0.15) is 24.4 Å². The van der Waals surface area contributed by atoms with Crippen LogP contribution in [0.2, 0.25) is 0 Å². The first kappa shape index (κ1) is 66.9. The van der Waals surface area contributed by atoms with Crippen molar-refractivity contribution < 1.29 is 39.8 Å². The maximum absolute atomic E-state index is 13.0. The summed E-state index contributed by atoms with van der Waals surface area (Å²) >= 11 is 0. The van der Waals surface area contributed by atoms with Gasteiger partial charge in [0, 0.05) is 6.42 Å². The van der Waals surface area contributed by atoms with Crippen molar-refractivity contribution in [2.24, 2.45) is 0 Å². The maximum atomic E-state index is 13.0. The van der Waals surface area contributed by atoms with E-state index >= 15 is 0 Å². The normalized spacial score (nSPS) is 20.0. The predicted octanol–water partition coefficient (Wildman–Crippen LogP) is 14.6. The Hall–Kier alpha value is -3.15. The Morgan fingerprint density at radius 1 is 0.486 bits per heavy atom. The number of aliphatic hydroxyl groups excluding tert-OH is 5. The summed E-state index contributed by atoms with van der Waals surface area (Å²) in [6.07, 6.45) is 68.5. The Kier molecular flexibility index (Phi) is 47.7. The molecule has 1 fully saturated rings. The number of allylic oxidation sites excluding steroid dienone is 18. The van der Waals surface area contributed by atoms with Crippen molar-refractivity contribution >= 4 is 5.91 Å². The van der Waals surface area contributed by atoms with E-state index in [9.17, 15) is 30.3 Å². The van der Waals surface area contributed by atoms with Crippen molar-refractivity contribution in [2.45, 2.75) is 269 Å². The van der Waals surface area contributed by atoms with Crippen LogP contribution in [0, 0.1) is 0 Å². The molecule has 72 heavy (non-hydrogen) atoms. The lowest BCUT2D eigenvalue weighted by Gasteiger charge is -2.40. The first-order valence-corrected chi connectivity index (χ1v) is 29.1. The van der Waals surface area contributed by atoms with Crippen LogP contribution in [-0.2, 0) is 14.3 Å². The van der Waals surface area contributed by atoms with Gasteiger partial charge < -0.3 is 40.3 Å². The van der Waals surface area contributed by atoms with Crippen molar-refractivity contribution in [3.63, 3.8) is 0 Å². The number of hydrogen-bond acceptors (Lipinski definition) is 8. The highest BCUT2D eigenvalue weighted by molar-refractivity contribution is 5.76. The third-order valence-electron chi connectivity index (χ3n) is 13.1. The molecule has 0 aromatic carbocycles. The molecule has 9 heteroatoms. The zero-order chi connectivity index (χ0) is 52.2. The topological polar surface area (TPSA) is 149 Å². The standard InChI is InChI=1S/C63H107NO8/c1-3-5-7-9-11-13-15-16-17-18-19-20-21-22-23-24-25-26-27-28-29-30-31-32-33-34-35-36-37-38-39-40-41-42-43-45-47-49-51-53-59(67)64-56(55-71-63-62(70)61(69)60(68)58(54-65)72-63)57(66)52-50-48-46-44-14-12-10-8-6-4-2/h5,7,11,13,16-17,19-20,22-23,25-26,28-29,31-32,34-35,56-58,60-63,65-66,68-70H,3-4,6,8-10,12,14-15,18,21,24,27,30,33,36-55H2,1-2H3,(H,64,67)/b7-5-,13-11-,17-16-,20-19-,23-22-,26-25-,29-28-,32-31-,35-34-. The molecule has 412 valence electrons. The molecular weight excluding hydrogens is 899 g/mol. The molecular formula is C63H107NO8. The average Bonchev–Trinajstić information content (AvgIpc) is 3.38. The number of amides is 1. The van der Waals surface area contributed by atoms with Gasteiger partial charge in [-0.1, -0.05) is 245 Å². The molecule has 1 heterocycles. The zero-order valence-electron chi connectivity index (χ0n) is 45.6. The van der Waals surface area contributed by atoms with E-state index in [1.165, 1.54) is 96.3 Å². The van der Waals surface area contributed by atoms with E-state index in [4.69, 9.17) is 9.47 Å². The van der Waals surface area contributed by atoms with Crippen LogP contribution in [0.25, 0.3) is 0 Å². The first-order chi connectivity index (χ1) is 35.3. The molecule has 0 spiro atoms. The number of aliphatic hydroxyl groups is 5. The van der Waals surface area contributed by atoms with Gasteiger partial charge in [0.25, 0.3) is 0 Å². The van der Waals surface area contributed by atoms with Crippen LogP contribution in [0.5, 0.6) is 0 Å². The average molecular weight is 1010 g/mol. The van der Waals surface area contributed by atoms with Crippen LogP contribution >= 0.6 is 0 Å². The van der Waals surface area contributed by atoms with Gasteiger partial charge >= 0.3 is 0 Å². The first-order valence-electron chi connectivity index (χ1n) is 29.1. The van der Waals surface area contributed by atoms with Gasteiger partial charge in [0.2, 0.25) is 5.91 Å². The van der Waals surface area contributed by atoms with Crippen LogP contribution < -0.4 is 5.32 Å². The fourth-order valence-corrected chi connectivity index (χ4v) is 8.56. The van der Waals surface area contributed by atoms with E-state index in [0.29, 0.717) is 12.8 Å².